The highest BCUT2D eigenvalue weighted by molar-refractivity contribution is 6.31. The monoisotopic (exact) mass is 268 g/mol. The molecule has 0 bridgehead atoms. The second-order valence-corrected chi connectivity index (χ2v) is 4.64. The fourth-order valence-electron chi connectivity index (χ4n) is 2.00. The van der Waals surface area contributed by atoms with Crippen molar-refractivity contribution in [2.45, 2.75) is 26.0 Å². The molecule has 1 N–H and O–H groups in total. The van der Waals surface area contributed by atoms with Crippen LogP contribution in [0.25, 0.3) is 0 Å². The van der Waals surface area contributed by atoms with Crippen LogP contribution in [0.2, 0.25) is 5.02 Å². The lowest BCUT2D eigenvalue weighted by atomic mass is 9.92. The molecule has 0 saturated carbocycles. The van der Waals surface area contributed by atoms with E-state index in [1.165, 1.54) is 18.3 Å². The first kappa shape index (κ1) is 13.1. The predicted molar refractivity (Wildman–Crippen MR) is 68.0 cm³/mol. The van der Waals surface area contributed by atoms with Crippen LogP contribution in [-0.4, -0.2) is 14.9 Å². The first-order valence-electron chi connectivity index (χ1n) is 5.67. The second kappa shape index (κ2) is 4.71. The summed E-state index contributed by atoms with van der Waals surface area (Å²) >= 11 is 6.07. The summed E-state index contributed by atoms with van der Waals surface area (Å²) in [5, 5.41) is 15.2. The van der Waals surface area contributed by atoms with Gasteiger partial charge in [0.1, 0.15) is 11.4 Å². The van der Waals surface area contributed by atoms with Gasteiger partial charge in [0.05, 0.1) is 16.9 Å². The third kappa shape index (κ3) is 2.13. The Kier molecular flexibility index (Phi) is 3.41. The Balaban J connectivity index is 2.53. The summed E-state index contributed by atoms with van der Waals surface area (Å²) in [6.45, 7) is 4.13. The Bertz CT molecular complexity index is 549. The minimum atomic E-state index is -1.31. The first-order chi connectivity index (χ1) is 8.46. The van der Waals surface area contributed by atoms with Gasteiger partial charge in [-0.3, -0.25) is 4.68 Å². The highest BCUT2D eigenvalue weighted by Gasteiger charge is 2.32. The average molecular weight is 269 g/mol. The minimum absolute atomic E-state index is 0.343. The summed E-state index contributed by atoms with van der Waals surface area (Å²) in [6.07, 6.45) is 1.50. The van der Waals surface area contributed by atoms with Crippen molar-refractivity contribution in [1.29, 1.82) is 0 Å². The average Bonchev–Trinajstić information content (AvgIpc) is 2.71. The molecule has 5 heteroatoms. The largest absolute Gasteiger partial charge is 0.379 e. The summed E-state index contributed by atoms with van der Waals surface area (Å²) in [6, 6.07) is 5.70. The van der Waals surface area contributed by atoms with Crippen molar-refractivity contribution in [1.82, 2.24) is 9.78 Å². The second-order valence-electron chi connectivity index (χ2n) is 4.24. The smallest absolute Gasteiger partial charge is 0.130 e. The Hall–Kier alpha value is -1.39. The molecular formula is C13H14ClFN2O. The Morgan fingerprint density at radius 3 is 2.56 bits per heavy atom. The van der Waals surface area contributed by atoms with Gasteiger partial charge >= 0.3 is 0 Å². The molecule has 96 valence electrons. The molecule has 18 heavy (non-hydrogen) atoms. The SMILES string of the molecule is CCn1ncc(Cl)c1C(C)(O)c1ccc(F)cc1. The van der Waals surface area contributed by atoms with E-state index >= 15 is 0 Å². The van der Waals surface area contributed by atoms with E-state index in [-0.39, 0.29) is 5.82 Å². The Morgan fingerprint density at radius 2 is 2.00 bits per heavy atom. The zero-order valence-corrected chi connectivity index (χ0v) is 10.9. The van der Waals surface area contributed by atoms with E-state index in [0.717, 1.165) is 0 Å². The number of rotatable bonds is 3. The van der Waals surface area contributed by atoms with Crippen LogP contribution in [-0.2, 0) is 12.1 Å². The summed E-state index contributed by atoms with van der Waals surface area (Å²) in [5.41, 5.74) is -0.226. The van der Waals surface area contributed by atoms with Crippen LogP contribution < -0.4 is 0 Å². The highest BCUT2D eigenvalue weighted by atomic mass is 35.5. The molecule has 3 nitrogen and oxygen atoms in total. The summed E-state index contributed by atoms with van der Waals surface area (Å²) in [4.78, 5) is 0. The van der Waals surface area contributed by atoms with Gasteiger partial charge in [-0.15, -0.1) is 0 Å². The van der Waals surface area contributed by atoms with Gasteiger partial charge < -0.3 is 5.11 Å². The number of benzene rings is 1. The minimum Gasteiger partial charge on any atom is -0.379 e. The van der Waals surface area contributed by atoms with Crippen LogP contribution >= 0.6 is 11.6 Å². The third-order valence-corrected chi connectivity index (χ3v) is 3.24. The van der Waals surface area contributed by atoms with E-state index in [9.17, 15) is 9.50 Å². The summed E-state index contributed by atoms with van der Waals surface area (Å²) in [7, 11) is 0. The number of nitrogens with zero attached hydrogens (tertiary/aromatic N) is 2. The fraction of sp³-hybridized carbons (Fsp3) is 0.308. The molecule has 2 aromatic rings. The zero-order valence-electron chi connectivity index (χ0n) is 10.2. The van der Waals surface area contributed by atoms with Crippen LogP contribution in [0.15, 0.2) is 30.5 Å². The maximum atomic E-state index is 12.9. The molecule has 0 spiro atoms. The lowest BCUT2D eigenvalue weighted by molar-refractivity contribution is 0.0918. The van der Waals surface area contributed by atoms with E-state index in [0.29, 0.717) is 22.8 Å². The van der Waals surface area contributed by atoms with Gasteiger partial charge in [0.25, 0.3) is 0 Å². The van der Waals surface area contributed by atoms with Gasteiger partial charge in [-0.25, -0.2) is 4.39 Å². The van der Waals surface area contributed by atoms with Gasteiger partial charge in [-0.05, 0) is 31.5 Å². The topological polar surface area (TPSA) is 38.0 Å². The van der Waals surface area contributed by atoms with Crippen molar-refractivity contribution < 1.29 is 9.50 Å². The van der Waals surface area contributed by atoms with Gasteiger partial charge in [0.2, 0.25) is 0 Å². The van der Waals surface area contributed by atoms with Gasteiger partial charge in [-0.1, -0.05) is 23.7 Å². The Morgan fingerprint density at radius 1 is 1.39 bits per heavy atom. The van der Waals surface area contributed by atoms with Crippen molar-refractivity contribution in [3.05, 3.63) is 52.6 Å². The lowest BCUT2D eigenvalue weighted by Crippen LogP contribution is -2.27. The van der Waals surface area contributed by atoms with Crippen LogP contribution in [0, 0.1) is 5.82 Å². The standard InChI is InChI=1S/C13H14ClFN2O/c1-3-17-12(11(14)8-16-17)13(2,18)9-4-6-10(15)7-5-9/h4-8,18H,3H2,1-2H3. The summed E-state index contributed by atoms with van der Waals surface area (Å²) in [5.74, 6) is -0.343. The fourth-order valence-corrected chi connectivity index (χ4v) is 2.32. The molecule has 2 rings (SSSR count). The lowest BCUT2D eigenvalue weighted by Gasteiger charge is -2.25. The first-order valence-corrected chi connectivity index (χ1v) is 6.04. The predicted octanol–water partition coefficient (Wildman–Crippen LogP) is 2.95. The number of aliphatic hydroxyl groups is 1. The quantitative estimate of drug-likeness (QED) is 0.929. The Labute approximate surface area is 110 Å². The van der Waals surface area contributed by atoms with E-state index < -0.39 is 5.60 Å². The number of aryl methyl sites for hydroxylation is 1. The van der Waals surface area contributed by atoms with Gasteiger partial charge in [0, 0.05) is 6.54 Å². The van der Waals surface area contributed by atoms with Crippen molar-refractivity contribution >= 4 is 11.6 Å². The van der Waals surface area contributed by atoms with Crippen LogP contribution in [0.1, 0.15) is 25.1 Å². The molecule has 0 amide bonds. The third-order valence-electron chi connectivity index (χ3n) is 2.96. The maximum absolute atomic E-state index is 12.9. The van der Waals surface area contributed by atoms with Crippen molar-refractivity contribution in [2.75, 3.05) is 0 Å². The number of hydrogen-bond acceptors (Lipinski definition) is 2. The van der Waals surface area contributed by atoms with E-state index in [2.05, 4.69) is 5.10 Å². The molecule has 1 atom stereocenters. The number of aromatic nitrogens is 2. The molecular weight excluding hydrogens is 255 g/mol. The van der Waals surface area contributed by atoms with Gasteiger partial charge in [0.15, 0.2) is 0 Å². The van der Waals surface area contributed by atoms with Gasteiger partial charge in [-0.2, -0.15) is 5.10 Å². The van der Waals surface area contributed by atoms with Crippen LogP contribution in [0.5, 0.6) is 0 Å². The normalized spacial score (nSPS) is 14.5. The van der Waals surface area contributed by atoms with Crippen molar-refractivity contribution in [2.24, 2.45) is 0 Å². The summed E-state index contributed by atoms with van der Waals surface area (Å²) < 4.78 is 14.5. The van der Waals surface area contributed by atoms with E-state index in [1.54, 1.807) is 23.7 Å². The molecule has 0 saturated heterocycles. The number of hydrogen-bond donors (Lipinski definition) is 1. The van der Waals surface area contributed by atoms with Crippen molar-refractivity contribution in [3.8, 4) is 0 Å². The van der Waals surface area contributed by atoms with Crippen molar-refractivity contribution in [3.63, 3.8) is 0 Å². The zero-order chi connectivity index (χ0) is 13.3. The van der Waals surface area contributed by atoms with Crippen LogP contribution in [0.4, 0.5) is 4.39 Å². The van der Waals surface area contributed by atoms with E-state index in [4.69, 9.17) is 11.6 Å². The highest BCUT2D eigenvalue weighted by Crippen LogP contribution is 2.33. The number of halogens is 2. The molecule has 1 heterocycles. The molecule has 0 radical (unpaired) electrons. The van der Waals surface area contributed by atoms with Crippen LogP contribution in [0.3, 0.4) is 0 Å². The maximum Gasteiger partial charge on any atom is 0.130 e. The molecule has 1 aromatic heterocycles. The molecule has 0 aliphatic rings. The molecule has 1 aromatic carbocycles. The molecule has 0 fully saturated rings. The molecule has 0 aliphatic heterocycles. The molecule has 1 unspecified atom stereocenters. The van der Waals surface area contributed by atoms with E-state index in [1.807, 2.05) is 6.92 Å². The molecule has 0 aliphatic carbocycles.